The van der Waals surface area contributed by atoms with Crippen LogP contribution in [0.15, 0.2) is 74.8 Å². The van der Waals surface area contributed by atoms with Gasteiger partial charge in [0.25, 0.3) is 0 Å². The van der Waals surface area contributed by atoms with E-state index in [0.29, 0.717) is 0 Å². The molecule has 0 saturated carbocycles. The maximum absolute atomic E-state index is 2.81. The van der Waals surface area contributed by atoms with Gasteiger partial charge in [-0.2, -0.15) is 0 Å². The maximum Gasteiger partial charge on any atom is -1.00 e. The summed E-state index contributed by atoms with van der Waals surface area (Å²) in [5.41, 5.74) is 12.8. The molecule has 1 aliphatic carbocycles. The van der Waals surface area contributed by atoms with Crippen LogP contribution in [0.4, 0.5) is 0 Å². The van der Waals surface area contributed by atoms with Gasteiger partial charge in [0, 0.05) is 0 Å². The summed E-state index contributed by atoms with van der Waals surface area (Å²) in [6, 6.07) is 24.8. The fraction of sp³-hybridized carbons (Fsp3) is 0.639. The first kappa shape index (κ1) is 63.0. The van der Waals surface area contributed by atoms with Gasteiger partial charge in [-0.15, -0.1) is 0 Å². The molecule has 3 aromatic carbocycles. The number of unbranched alkanes of at least 4 members (excludes halogenated alkanes) is 18. The molecular weight excluding hydrogens is 915 g/mol. The van der Waals surface area contributed by atoms with Crippen LogP contribution in [-0.4, -0.2) is 8.07 Å². The van der Waals surface area contributed by atoms with Crippen LogP contribution in [-0.2, 0) is 59.0 Å². The Morgan fingerprint density at radius 1 is 0.348 bits per heavy atom. The molecule has 0 atom stereocenters. The van der Waals surface area contributed by atoms with Crippen LogP contribution in [0, 0.1) is 0 Å². The molecule has 0 saturated heterocycles. The van der Waals surface area contributed by atoms with Gasteiger partial charge >= 0.3 is 365 Å². The van der Waals surface area contributed by atoms with Gasteiger partial charge in [-0.3, -0.25) is 0 Å². The minimum absolute atomic E-state index is 0. The Labute approximate surface area is 440 Å². The molecule has 0 fully saturated rings. The van der Waals surface area contributed by atoms with Gasteiger partial charge in [0.2, 0.25) is 0 Å². The zero-order valence-corrected chi connectivity index (χ0v) is 48.6. The van der Waals surface area contributed by atoms with Gasteiger partial charge in [0.15, 0.2) is 0 Å². The average Bonchev–Trinajstić information content (AvgIpc) is 3.54. The standard InChI is InChI=1S/C61H95Si.3ClH.Ti/c1-9-15-21-27-33-52-41-53(34-28-22-16-10-2)45-58(44-52)62(61-40-50(7)39-51(61)8,59-46-54(35-29-23-17-11-3)42-55(47-59)36-30-24-18-12-4)60-48-56(37-31-25-19-13-5)43-57(49-60)38-32-26-20-14-6;;;;/h41-49H,9-38,40H2,1-8H3;3*1H;/q;;;;+3/p-3. The second kappa shape index (κ2) is 36.0. The Hall–Kier alpha value is -1.06. The summed E-state index contributed by atoms with van der Waals surface area (Å²) in [6.07, 6.45) is 40.0. The number of allylic oxidation sites excluding steroid dienone is 4. The molecular formula is C61H95Cl3SiTi. The number of rotatable bonds is 34. The molecule has 368 valence electrons. The second-order valence-electron chi connectivity index (χ2n) is 20.2. The third-order valence-electron chi connectivity index (χ3n) is 14.5. The van der Waals surface area contributed by atoms with Crippen molar-refractivity contribution in [2.45, 2.75) is 254 Å². The minimum atomic E-state index is -2.81. The molecule has 0 N–H and O–H groups in total. The van der Waals surface area contributed by atoms with E-state index >= 15 is 0 Å². The van der Waals surface area contributed by atoms with Crippen molar-refractivity contribution in [1.82, 2.24) is 0 Å². The minimum Gasteiger partial charge on any atom is -1.00 e. The van der Waals surface area contributed by atoms with Gasteiger partial charge in [-0.25, -0.2) is 0 Å². The first-order valence-corrected chi connectivity index (χ1v) is 30.0. The van der Waals surface area contributed by atoms with Crippen LogP contribution in [0.3, 0.4) is 0 Å². The van der Waals surface area contributed by atoms with Crippen LogP contribution in [0.2, 0.25) is 0 Å². The van der Waals surface area contributed by atoms with Crippen molar-refractivity contribution in [2.75, 3.05) is 0 Å². The van der Waals surface area contributed by atoms with E-state index in [-0.39, 0.29) is 37.2 Å². The number of benzene rings is 3. The van der Waals surface area contributed by atoms with E-state index in [1.807, 2.05) is 0 Å². The molecule has 66 heavy (non-hydrogen) atoms. The van der Waals surface area contributed by atoms with Crippen molar-refractivity contribution in [2.24, 2.45) is 0 Å². The van der Waals surface area contributed by atoms with Crippen LogP contribution in [0.1, 0.15) is 249 Å². The van der Waals surface area contributed by atoms with E-state index in [0.717, 1.165) is 6.42 Å². The van der Waals surface area contributed by atoms with Crippen LogP contribution in [0.5, 0.6) is 0 Å². The van der Waals surface area contributed by atoms with Gasteiger partial charge in [0.05, 0.1) is 0 Å². The SMILES string of the molecule is CCCCCCc1cc(CCCCCC)cc([Si](C2=C(C)[C]([Ti+3])=C(C)C2)(c2cc(CCCCCC)cc(CCCCCC)c2)c2cc(CCCCCC)cc(CCCCCC)c2)c1.[Cl-].[Cl-].[Cl-]. The average molecular weight is 1010 g/mol. The predicted octanol–water partition coefficient (Wildman–Crippen LogP) is 7.99. The van der Waals surface area contributed by atoms with E-state index < -0.39 is 8.07 Å². The van der Waals surface area contributed by atoms with E-state index in [9.17, 15) is 0 Å². The van der Waals surface area contributed by atoms with Crippen molar-refractivity contribution >= 4 is 23.6 Å². The Balaban J connectivity index is 0.00000726. The summed E-state index contributed by atoms with van der Waals surface area (Å²) in [5, 5.41) is 6.87. The molecule has 0 spiro atoms. The molecule has 0 radical (unpaired) electrons. The molecule has 0 amide bonds. The van der Waals surface area contributed by atoms with Gasteiger partial charge in [0.1, 0.15) is 0 Å². The molecule has 0 bridgehead atoms. The topological polar surface area (TPSA) is 0 Å². The van der Waals surface area contributed by atoms with Gasteiger partial charge < -0.3 is 37.2 Å². The largest absolute Gasteiger partial charge is 1.00 e. The number of aryl methyl sites for hydroxylation is 6. The Bertz CT molecular complexity index is 1580. The maximum atomic E-state index is 2.81. The summed E-state index contributed by atoms with van der Waals surface area (Å²) >= 11 is 2.45. The molecule has 0 heterocycles. The van der Waals surface area contributed by atoms with E-state index in [4.69, 9.17) is 0 Å². The van der Waals surface area contributed by atoms with Crippen molar-refractivity contribution in [3.8, 4) is 0 Å². The molecule has 5 heteroatoms. The number of hydrogen-bond acceptors (Lipinski definition) is 0. The summed E-state index contributed by atoms with van der Waals surface area (Å²) in [5.74, 6) is 0. The van der Waals surface area contributed by atoms with Crippen molar-refractivity contribution in [3.63, 3.8) is 0 Å². The van der Waals surface area contributed by atoms with Crippen molar-refractivity contribution < 1.29 is 57.7 Å². The summed E-state index contributed by atoms with van der Waals surface area (Å²) in [7, 11) is -2.81. The van der Waals surface area contributed by atoms with Crippen molar-refractivity contribution in [1.29, 1.82) is 0 Å². The monoisotopic (exact) mass is 1010 g/mol. The molecule has 0 aromatic heterocycles. The Kier molecular flexibility index (Phi) is 34.3. The Morgan fingerprint density at radius 2 is 0.576 bits per heavy atom. The van der Waals surface area contributed by atoms with E-state index in [1.165, 1.54) is 193 Å². The van der Waals surface area contributed by atoms with E-state index in [2.05, 4.69) is 130 Å². The molecule has 0 aliphatic heterocycles. The first-order chi connectivity index (χ1) is 30.7. The van der Waals surface area contributed by atoms with Crippen LogP contribution < -0.4 is 52.8 Å². The zero-order valence-electron chi connectivity index (χ0n) is 43.8. The predicted molar refractivity (Wildman–Crippen MR) is 281 cm³/mol. The molecule has 0 nitrogen and oxygen atoms in total. The summed E-state index contributed by atoms with van der Waals surface area (Å²) in [6.45, 7) is 19.1. The molecule has 1 aliphatic rings. The normalized spacial score (nSPS) is 12.7. The van der Waals surface area contributed by atoms with Gasteiger partial charge in [-0.1, -0.05) is 41.5 Å². The van der Waals surface area contributed by atoms with Crippen molar-refractivity contribution in [3.05, 3.63) is 108 Å². The quantitative estimate of drug-likeness (QED) is 0.0324. The molecule has 4 rings (SSSR count). The first-order valence-electron chi connectivity index (χ1n) is 27.3. The third-order valence-corrected chi connectivity index (χ3v) is 20.7. The van der Waals surface area contributed by atoms with Gasteiger partial charge in [-0.05, 0) is 0 Å². The van der Waals surface area contributed by atoms with E-state index in [1.54, 1.807) is 69.2 Å². The fourth-order valence-corrected chi connectivity index (χ4v) is 17.0. The second-order valence-corrected chi connectivity index (χ2v) is 24.8. The summed E-state index contributed by atoms with van der Waals surface area (Å²) in [4.78, 5) is 0. The van der Waals surface area contributed by atoms with Crippen LogP contribution in [0.25, 0.3) is 0 Å². The number of hydrogen-bond donors (Lipinski definition) is 0. The molecule has 3 aromatic rings. The fourth-order valence-electron chi connectivity index (χ4n) is 10.7. The zero-order chi connectivity index (χ0) is 45.3. The van der Waals surface area contributed by atoms with Crippen LogP contribution >= 0.6 is 0 Å². The number of halogens is 3. The molecule has 0 unspecified atom stereocenters. The third kappa shape index (κ3) is 19.6. The smallest absolute Gasteiger partial charge is 1.00 e. The Morgan fingerprint density at radius 3 is 0.758 bits per heavy atom. The summed E-state index contributed by atoms with van der Waals surface area (Å²) < 4.78 is 1.56.